The van der Waals surface area contributed by atoms with Gasteiger partial charge in [0.25, 0.3) is 0 Å². The van der Waals surface area contributed by atoms with Crippen LogP contribution in [0.15, 0.2) is 59.6 Å². The lowest BCUT2D eigenvalue weighted by atomic mass is 10.0. The number of rotatable bonds is 9. The molecule has 1 atom stereocenters. The summed E-state index contributed by atoms with van der Waals surface area (Å²) in [7, 11) is -0.941. The van der Waals surface area contributed by atoms with Gasteiger partial charge in [-0.25, -0.2) is 8.42 Å². The van der Waals surface area contributed by atoms with E-state index < -0.39 is 22.2 Å². The largest absolute Gasteiger partial charge is 0.586 e. The molecule has 2 N–H and O–H groups in total. The number of anilines is 3. The molecule has 214 valence electrons. The Labute approximate surface area is 237 Å². The first-order chi connectivity index (χ1) is 19.5. The van der Waals surface area contributed by atoms with Crippen LogP contribution in [0, 0.1) is 0 Å². The van der Waals surface area contributed by atoms with Gasteiger partial charge in [-0.2, -0.15) is 9.97 Å². The van der Waals surface area contributed by atoms with Gasteiger partial charge in [0.05, 0.1) is 47.2 Å². The van der Waals surface area contributed by atoms with E-state index in [4.69, 9.17) is 25.8 Å². The first kappa shape index (κ1) is 28.0. The first-order valence-electron chi connectivity index (χ1n) is 11.7. The van der Waals surface area contributed by atoms with Crippen molar-refractivity contribution in [1.82, 2.24) is 19.9 Å². The summed E-state index contributed by atoms with van der Waals surface area (Å²) >= 11 is 6.49. The van der Waals surface area contributed by atoms with E-state index in [9.17, 15) is 17.2 Å². The van der Waals surface area contributed by atoms with Gasteiger partial charge in [-0.1, -0.05) is 23.7 Å². The zero-order valence-electron chi connectivity index (χ0n) is 21.6. The van der Waals surface area contributed by atoms with Gasteiger partial charge >= 0.3 is 18.3 Å². The van der Waals surface area contributed by atoms with E-state index in [2.05, 4.69) is 35.3 Å². The standard InChI is InChI=1S/C25H21ClF2N6O6S/c1-37-23-32-22(33-24(34-23)38-2)31-17-12-13(41(3,35)36)9-10-16(17)30-19(20-15(26)7-5-11-29-20)14-6-4-8-18-21(14)40-25(27,28)39-18/h4-12,19,30H,1-3H3,(H,31,32,33,34)/t19-/m0/s1. The Morgan fingerprint density at radius 1 is 0.976 bits per heavy atom. The number of sulfone groups is 1. The highest BCUT2D eigenvalue weighted by molar-refractivity contribution is 7.90. The molecule has 3 heterocycles. The molecule has 0 aliphatic carbocycles. The predicted molar refractivity (Wildman–Crippen MR) is 143 cm³/mol. The monoisotopic (exact) mass is 606 g/mol. The Morgan fingerprint density at radius 2 is 1.71 bits per heavy atom. The maximum absolute atomic E-state index is 14.1. The number of benzene rings is 2. The highest BCUT2D eigenvalue weighted by Crippen LogP contribution is 2.47. The van der Waals surface area contributed by atoms with Crippen molar-refractivity contribution < 1.29 is 36.1 Å². The minimum absolute atomic E-state index is 0.0251. The number of methoxy groups -OCH3 is 2. The second-order valence-electron chi connectivity index (χ2n) is 8.53. The van der Waals surface area contributed by atoms with Crippen LogP contribution in [-0.2, 0) is 9.84 Å². The molecule has 0 spiro atoms. The predicted octanol–water partition coefficient (Wildman–Crippen LogP) is 4.61. The van der Waals surface area contributed by atoms with Gasteiger partial charge in [-0.05, 0) is 36.4 Å². The lowest BCUT2D eigenvalue weighted by Gasteiger charge is -2.24. The van der Waals surface area contributed by atoms with Crippen molar-refractivity contribution >= 4 is 38.8 Å². The molecule has 2 aromatic heterocycles. The Bertz CT molecular complexity index is 1710. The summed E-state index contributed by atoms with van der Waals surface area (Å²) in [5, 5.41) is 6.38. The number of aromatic nitrogens is 4. The van der Waals surface area contributed by atoms with Crippen LogP contribution in [0.5, 0.6) is 23.5 Å². The molecule has 0 bridgehead atoms. The van der Waals surface area contributed by atoms with Crippen LogP contribution >= 0.6 is 11.6 Å². The molecule has 1 aliphatic rings. The Balaban J connectivity index is 1.64. The van der Waals surface area contributed by atoms with E-state index in [1.807, 2.05) is 0 Å². The first-order valence-corrected chi connectivity index (χ1v) is 14.0. The fourth-order valence-corrected chi connectivity index (χ4v) is 4.83. The fourth-order valence-electron chi connectivity index (χ4n) is 3.96. The molecule has 0 amide bonds. The van der Waals surface area contributed by atoms with Crippen molar-refractivity contribution in [3.63, 3.8) is 0 Å². The summed E-state index contributed by atoms with van der Waals surface area (Å²) in [5.74, 6) is -0.431. The minimum atomic E-state index is -3.88. The number of pyridine rings is 1. The summed E-state index contributed by atoms with van der Waals surface area (Å²) in [6.07, 6.45) is -1.34. The summed E-state index contributed by atoms with van der Waals surface area (Å²) in [6, 6.07) is 10.7. The zero-order chi connectivity index (χ0) is 29.4. The maximum atomic E-state index is 14.1. The number of fused-ring (bicyclic) bond motifs is 1. The van der Waals surface area contributed by atoms with Crippen LogP contribution in [0.25, 0.3) is 0 Å². The molecule has 0 radical (unpaired) electrons. The molecule has 1 aliphatic heterocycles. The minimum Gasteiger partial charge on any atom is -0.467 e. The van der Waals surface area contributed by atoms with E-state index in [0.717, 1.165) is 6.26 Å². The Kier molecular flexibility index (Phi) is 7.40. The second-order valence-corrected chi connectivity index (χ2v) is 10.9. The Morgan fingerprint density at radius 3 is 2.37 bits per heavy atom. The van der Waals surface area contributed by atoms with Gasteiger partial charge in [0.2, 0.25) is 5.95 Å². The van der Waals surface area contributed by atoms with Gasteiger partial charge in [0.15, 0.2) is 21.3 Å². The van der Waals surface area contributed by atoms with Crippen molar-refractivity contribution in [1.29, 1.82) is 0 Å². The van der Waals surface area contributed by atoms with Crippen LogP contribution in [0.1, 0.15) is 17.3 Å². The SMILES string of the molecule is COc1nc(Nc2cc(S(C)(=O)=O)ccc2N[C@@H](c2cccc3c2OC(F)(F)O3)c2ncccc2Cl)nc(OC)n1. The molecule has 0 saturated carbocycles. The second kappa shape index (κ2) is 10.8. The average molecular weight is 607 g/mol. The number of ether oxygens (including phenoxy) is 4. The molecule has 5 rings (SSSR count). The van der Waals surface area contributed by atoms with Crippen molar-refractivity contribution in [3.8, 4) is 23.5 Å². The molecular formula is C25H21ClF2N6O6S. The van der Waals surface area contributed by atoms with Crippen molar-refractivity contribution in [2.45, 2.75) is 17.2 Å². The van der Waals surface area contributed by atoms with E-state index in [-0.39, 0.29) is 56.3 Å². The number of hydrogen-bond donors (Lipinski definition) is 2. The lowest BCUT2D eigenvalue weighted by molar-refractivity contribution is -0.287. The molecular weight excluding hydrogens is 586 g/mol. The molecule has 0 saturated heterocycles. The smallest absolute Gasteiger partial charge is 0.467 e. The van der Waals surface area contributed by atoms with Crippen LogP contribution in [-0.4, -0.2) is 55.1 Å². The molecule has 4 aromatic rings. The highest BCUT2D eigenvalue weighted by atomic mass is 35.5. The number of nitrogens with zero attached hydrogens (tertiary/aromatic N) is 4. The van der Waals surface area contributed by atoms with Crippen LogP contribution < -0.4 is 29.6 Å². The molecule has 41 heavy (non-hydrogen) atoms. The van der Waals surface area contributed by atoms with Gasteiger partial charge in [0.1, 0.15) is 0 Å². The van der Waals surface area contributed by atoms with Crippen molar-refractivity contribution in [3.05, 3.63) is 71.0 Å². The van der Waals surface area contributed by atoms with E-state index in [1.165, 1.54) is 50.7 Å². The summed E-state index contributed by atoms with van der Waals surface area (Å²) in [5.41, 5.74) is 0.978. The van der Waals surface area contributed by atoms with E-state index in [0.29, 0.717) is 5.69 Å². The molecule has 12 nitrogen and oxygen atoms in total. The van der Waals surface area contributed by atoms with Gasteiger partial charge in [-0.15, -0.1) is 13.8 Å². The summed E-state index contributed by atoms with van der Waals surface area (Å²) in [6.45, 7) is 0. The van der Waals surface area contributed by atoms with Gasteiger partial charge < -0.3 is 29.6 Å². The third kappa shape index (κ3) is 6.00. The van der Waals surface area contributed by atoms with Crippen molar-refractivity contribution in [2.75, 3.05) is 31.1 Å². The molecule has 2 aromatic carbocycles. The number of halogens is 3. The number of para-hydroxylation sites is 1. The maximum Gasteiger partial charge on any atom is 0.586 e. The highest BCUT2D eigenvalue weighted by Gasteiger charge is 2.45. The van der Waals surface area contributed by atoms with Crippen molar-refractivity contribution in [2.24, 2.45) is 0 Å². The van der Waals surface area contributed by atoms with Crippen LogP contribution in [0.3, 0.4) is 0 Å². The van der Waals surface area contributed by atoms with Crippen LogP contribution in [0.4, 0.5) is 26.1 Å². The lowest BCUT2D eigenvalue weighted by Crippen LogP contribution is -2.26. The van der Waals surface area contributed by atoms with Gasteiger partial charge in [-0.3, -0.25) is 4.98 Å². The topological polar surface area (TPSA) is 147 Å². The van der Waals surface area contributed by atoms with Crippen LogP contribution in [0.2, 0.25) is 5.02 Å². The number of nitrogens with one attached hydrogen (secondary N) is 2. The fraction of sp³-hybridized carbons (Fsp3) is 0.200. The third-order valence-corrected chi connectivity index (χ3v) is 7.19. The molecule has 16 heteroatoms. The average Bonchev–Trinajstić information content (AvgIpc) is 3.26. The third-order valence-electron chi connectivity index (χ3n) is 5.76. The normalized spacial score (nSPS) is 14.3. The quantitative estimate of drug-likeness (QED) is 0.274. The molecule has 0 fully saturated rings. The van der Waals surface area contributed by atoms with E-state index >= 15 is 0 Å². The van der Waals surface area contributed by atoms with Gasteiger partial charge in [0, 0.05) is 18.0 Å². The summed E-state index contributed by atoms with van der Waals surface area (Å²) < 4.78 is 72.6. The molecule has 0 unspecified atom stereocenters. The number of alkyl halides is 2. The summed E-state index contributed by atoms with van der Waals surface area (Å²) in [4.78, 5) is 16.6. The zero-order valence-corrected chi connectivity index (χ0v) is 23.1. The number of hydrogen-bond acceptors (Lipinski definition) is 12. The van der Waals surface area contributed by atoms with E-state index in [1.54, 1.807) is 18.2 Å². The Hall–Kier alpha value is -4.50.